The highest BCUT2D eigenvalue weighted by atomic mass is 16.5. The highest BCUT2D eigenvalue weighted by Gasteiger charge is 2.39. The maximum atomic E-state index is 14.1. The number of nitrogens with zero attached hydrogens (tertiary/aromatic N) is 5. The van der Waals surface area contributed by atoms with Crippen molar-refractivity contribution >= 4 is 29.4 Å². The topological polar surface area (TPSA) is 106 Å². The summed E-state index contributed by atoms with van der Waals surface area (Å²) in [6, 6.07) is 18.3. The Kier molecular flexibility index (Phi) is 14.9. The third kappa shape index (κ3) is 10.8. The molecule has 2 aromatic carbocycles. The molecule has 0 spiro atoms. The minimum Gasteiger partial charge on any atom is -0.455 e. The van der Waals surface area contributed by atoms with E-state index in [2.05, 4.69) is 44.3 Å². The summed E-state index contributed by atoms with van der Waals surface area (Å²) in [5.41, 5.74) is 2.62. The normalized spacial score (nSPS) is 21.7. The first kappa shape index (κ1) is 41.9. The van der Waals surface area contributed by atoms with E-state index in [-0.39, 0.29) is 41.6 Å². The van der Waals surface area contributed by atoms with Gasteiger partial charge in [0.25, 0.3) is 0 Å². The number of carbonyl (C=O) groups excluding carboxylic acids is 4. The van der Waals surface area contributed by atoms with E-state index in [1.165, 1.54) is 5.69 Å². The van der Waals surface area contributed by atoms with Crippen LogP contribution in [0, 0.1) is 11.8 Å². The van der Waals surface area contributed by atoms with Crippen molar-refractivity contribution < 1.29 is 23.9 Å². The van der Waals surface area contributed by atoms with Gasteiger partial charge >= 0.3 is 5.97 Å². The molecule has 0 aliphatic carbocycles. The number of esters is 1. The second-order valence-corrected chi connectivity index (χ2v) is 16.4. The van der Waals surface area contributed by atoms with Gasteiger partial charge in [-0.15, -0.1) is 0 Å². The lowest BCUT2D eigenvalue weighted by Gasteiger charge is -2.37. The number of hydrogen-bond acceptors (Lipinski definition) is 8. The molecule has 0 radical (unpaired) electrons. The number of para-hydroxylation sites is 1. The second-order valence-electron chi connectivity index (χ2n) is 16.4. The third-order valence-corrected chi connectivity index (χ3v) is 11.7. The summed E-state index contributed by atoms with van der Waals surface area (Å²) >= 11 is 0. The van der Waals surface area contributed by atoms with Crippen LogP contribution >= 0.6 is 0 Å². The van der Waals surface area contributed by atoms with Crippen LogP contribution < -0.4 is 10.2 Å². The molecule has 3 amide bonds. The smallest absolute Gasteiger partial charge is 0.329 e. The Labute approximate surface area is 329 Å². The van der Waals surface area contributed by atoms with E-state index in [9.17, 15) is 19.2 Å². The molecule has 1 N–H and O–H groups in total. The summed E-state index contributed by atoms with van der Waals surface area (Å²) in [6.07, 6.45) is 5.46. The first-order chi connectivity index (χ1) is 26.3. The standard InChI is InChI=1S/C44H64N6O5/c1-31(2)38(47(7)43(53)40(32(3)4)45-41(51)36-21-14-15-23-46(36)6)29-33(5)42(52)50-24-16-22-37(50)44(54)55-39(34-17-10-8-11-18-34)30-48-25-27-49(28-26-48)35-19-12-9-13-20-35/h8-13,17-20,29,31-32,36-40H,14-16,21-28,30H2,1-7H3,(H,45,51)/b33-29+/t36-,37?,38-,39?,40?/m1/s1. The molecule has 55 heavy (non-hydrogen) atoms. The predicted molar refractivity (Wildman–Crippen MR) is 217 cm³/mol. The van der Waals surface area contributed by atoms with Crippen LogP contribution in [-0.4, -0.2) is 127 Å². The van der Waals surface area contributed by atoms with E-state index in [4.69, 9.17) is 4.74 Å². The van der Waals surface area contributed by atoms with Gasteiger partial charge in [0, 0.05) is 57.6 Å². The van der Waals surface area contributed by atoms with Crippen LogP contribution in [0.2, 0.25) is 0 Å². The van der Waals surface area contributed by atoms with Gasteiger partial charge in [-0.3, -0.25) is 24.2 Å². The van der Waals surface area contributed by atoms with Crippen LogP contribution in [0.1, 0.15) is 78.4 Å². The molecule has 3 heterocycles. The van der Waals surface area contributed by atoms with Gasteiger partial charge in [0.2, 0.25) is 17.7 Å². The Balaban J connectivity index is 1.24. The summed E-state index contributed by atoms with van der Waals surface area (Å²) in [5, 5.41) is 3.07. The quantitative estimate of drug-likeness (QED) is 0.209. The first-order valence-corrected chi connectivity index (χ1v) is 20.4. The molecule has 5 rings (SSSR count). The van der Waals surface area contributed by atoms with Gasteiger partial charge in [0.1, 0.15) is 18.2 Å². The van der Waals surface area contributed by atoms with E-state index < -0.39 is 24.2 Å². The number of ether oxygens (including phenoxy) is 1. The van der Waals surface area contributed by atoms with E-state index in [1.54, 1.807) is 23.8 Å². The molecule has 11 nitrogen and oxygen atoms in total. The van der Waals surface area contributed by atoms with Crippen molar-refractivity contribution in [1.29, 1.82) is 0 Å². The van der Waals surface area contributed by atoms with Crippen LogP contribution in [-0.2, 0) is 23.9 Å². The van der Waals surface area contributed by atoms with Gasteiger partial charge in [-0.2, -0.15) is 0 Å². The van der Waals surface area contributed by atoms with E-state index >= 15 is 0 Å². The summed E-state index contributed by atoms with van der Waals surface area (Å²) in [6.45, 7) is 15.1. The Hall–Kier alpha value is -4.22. The van der Waals surface area contributed by atoms with Crippen molar-refractivity contribution in [3.05, 3.63) is 77.9 Å². The average molecular weight is 757 g/mol. The van der Waals surface area contributed by atoms with E-state index in [0.29, 0.717) is 31.5 Å². The number of nitrogens with one attached hydrogen (secondary N) is 1. The molecule has 0 bridgehead atoms. The predicted octanol–water partition coefficient (Wildman–Crippen LogP) is 5.14. The molecule has 0 aromatic heterocycles. The van der Waals surface area contributed by atoms with Gasteiger partial charge in [-0.05, 0) is 75.7 Å². The Bertz CT molecular complexity index is 1610. The molecular weight excluding hydrogens is 693 g/mol. The molecule has 0 saturated carbocycles. The number of carbonyl (C=O) groups is 4. The second kappa shape index (κ2) is 19.6. The van der Waals surface area contributed by atoms with Gasteiger partial charge in [0.15, 0.2) is 0 Å². The fourth-order valence-corrected chi connectivity index (χ4v) is 8.26. The molecule has 3 saturated heterocycles. The van der Waals surface area contributed by atoms with Crippen molar-refractivity contribution in [2.24, 2.45) is 11.8 Å². The molecule has 11 heteroatoms. The summed E-state index contributed by atoms with van der Waals surface area (Å²) in [5.74, 6) is -1.05. The molecule has 3 aliphatic heterocycles. The SMILES string of the molecule is C/C(=C\[C@H](C(C)C)N(C)C(=O)C(NC(=O)[C@H]1CCCCN1C)C(C)C)C(=O)N1CCCC1C(=O)OC(CN1CCN(c2ccccc2)CC1)c1ccccc1. The highest BCUT2D eigenvalue weighted by molar-refractivity contribution is 5.96. The molecule has 5 atom stereocenters. The molecular formula is C44H64N6O5. The van der Waals surface area contributed by atoms with Crippen molar-refractivity contribution in [2.45, 2.75) is 97.0 Å². The summed E-state index contributed by atoms with van der Waals surface area (Å²) in [4.78, 5) is 65.5. The fraction of sp³-hybridized carbons (Fsp3) is 0.591. The summed E-state index contributed by atoms with van der Waals surface area (Å²) < 4.78 is 6.32. The number of amides is 3. The van der Waals surface area contributed by atoms with Gasteiger partial charge < -0.3 is 24.8 Å². The number of anilines is 1. The summed E-state index contributed by atoms with van der Waals surface area (Å²) in [7, 11) is 3.71. The lowest BCUT2D eigenvalue weighted by atomic mass is 9.96. The largest absolute Gasteiger partial charge is 0.455 e. The van der Waals surface area contributed by atoms with Crippen LogP contribution in [0.25, 0.3) is 0 Å². The van der Waals surface area contributed by atoms with Crippen LogP contribution in [0.4, 0.5) is 5.69 Å². The number of hydrogen-bond donors (Lipinski definition) is 1. The Morgan fingerprint density at radius 1 is 0.818 bits per heavy atom. The van der Waals surface area contributed by atoms with Crippen molar-refractivity contribution in [1.82, 2.24) is 24.9 Å². The Morgan fingerprint density at radius 3 is 2.07 bits per heavy atom. The lowest BCUT2D eigenvalue weighted by Crippen LogP contribution is -2.57. The van der Waals surface area contributed by atoms with E-state index in [1.807, 2.05) is 77.2 Å². The first-order valence-electron chi connectivity index (χ1n) is 20.4. The number of piperazine rings is 1. The van der Waals surface area contributed by atoms with Crippen molar-refractivity contribution in [2.75, 3.05) is 64.8 Å². The van der Waals surface area contributed by atoms with Gasteiger partial charge in [0.05, 0.1) is 12.1 Å². The van der Waals surface area contributed by atoms with Crippen molar-refractivity contribution in [3.8, 4) is 0 Å². The zero-order valence-electron chi connectivity index (χ0n) is 34.2. The van der Waals surface area contributed by atoms with E-state index in [0.717, 1.165) is 57.5 Å². The highest BCUT2D eigenvalue weighted by Crippen LogP contribution is 2.27. The fourth-order valence-electron chi connectivity index (χ4n) is 8.26. The molecule has 3 unspecified atom stereocenters. The number of piperidine rings is 1. The zero-order valence-corrected chi connectivity index (χ0v) is 34.2. The number of likely N-dealkylation sites (tertiary alicyclic amines) is 2. The van der Waals surface area contributed by atoms with Gasteiger partial charge in [-0.1, -0.05) is 88.7 Å². The Morgan fingerprint density at radius 2 is 1.45 bits per heavy atom. The lowest BCUT2D eigenvalue weighted by molar-refractivity contribution is -0.158. The average Bonchev–Trinajstić information content (AvgIpc) is 3.69. The molecule has 2 aromatic rings. The zero-order chi connectivity index (χ0) is 39.6. The molecule has 300 valence electrons. The molecule has 3 fully saturated rings. The third-order valence-electron chi connectivity index (χ3n) is 11.7. The van der Waals surface area contributed by atoms with Crippen LogP contribution in [0.15, 0.2) is 72.3 Å². The number of rotatable bonds is 14. The minimum atomic E-state index is -0.693. The van der Waals surface area contributed by atoms with Gasteiger partial charge in [-0.25, -0.2) is 4.79 Å². The maximum absolute atomic E-state index is 14.1. The maximum Gasteiger partial charge on any atom is 0.329 e. The van der Waals surface area contributed by atoms with Crippen LogP contribution in [0.3, 0.4) is 0 Å². The monoisotopic (exact) mass is 756 g/mol. The van der Waals surface area contributed by atoms with Crippen LogP contribution in [0.5, 0.6) is 0 Å². The molecule has 3 aliphatic rings. The number of benzene rings is 2. The minimum absolute atomic E-state index is 0.00905. The van der Waals surface area contributed by atoms with Crippen molar-refractivity contribution in [3.63, 3.8) is 0 Å². The number of likely N-dealkylation sites (N-methyl/N-ethyl adjacent to an activating group) is 2.